The van der Waals surface area contributed by atoms with Gasteiger partial charge in [-0.2, -0.15) is 0 Å². The topological polar surface area (TPSA) is 42.0 Å². The van der Waals surface area contributed by atoms with E-state index in [-0.39, 0.29) is 5.91 Å². The molecule has 0 radical (unpaired) electrons. The standard InChI is InChI=1S/C23H29ClN2O3/c1-4-5-14-29-22-19(24)15-18(16-21(22)28-3)23(27)26-12-10-25(11-13-26)20-9-7-6-8-17(20)2/h6-9,15-16H,4-5,10-14H2,1-3H3. The molecular weight excluding hydrogens is 388 g/mol. The Morgan fingerprint density at radius 2 is 1.86 bits per heavy atom. The fraction of sp³-hybridized carbons (Fsp3) is 0.435. The molecule has 156 valence electrons. The number of piperazine rings is 1. The molecule has 0 bridgehead atoms. The molecule has 5 nitrogen and oxygen atoms in total. The number of unbranched alkanes of at least 4 members (excludes halogenated alkanes) is 1. The van der Waals surface area contributed by atoms with E-state index in [2.05, 4.69) is 36.9 Å². The minimum Gasteiger partial charge on any atom is -0.493 e. The summed E-state index contributed by atoms with van der Waals surface area (Å²) in [6.45, 7) is 7.73. The van der Waals surface area contributed by atoms with Crippen LogP contribution in [0.2, 0.25) is 5.02 Å². The molecule has 0 aliphatic carbocycles. The summed E-state index contributed by atoms with van der Waals surface area (Å²) in [6, 6.07) is 11.8. The van der Waals surface area contributed by atoms with E-state index in [1.165, 1.54) is 11.3 Å². The molecular formula is C23H29ClN2O3. The first-order chi connectivity index (χ1) is 14.0. The minimum absolute atomic E-state index is 0.0326. The molecule has 6 heteroatoms. The molecule has 2 aromatic carbocycles. The van der Waals surface area contributed by atoms with Gasteiger partial charge in [0.2, 0.25) is 0 Å². The fourth-order valence-electron chi connectivity index (χ4n) is 3.55. The maximum absolute atomic E-state index is 13.1. The number of hydrogen-bond acceptors (Lipinski definition) is 4. The number of rotatable bonds is 7. The van der Waals surface area contributed by atoms with Crippen molar-refractivity contribution in [3.8, 4) is 11.5 Å². The third kappa shape index (κ3) is 4.96. The first-order valence-electron chi connectivity index (χ1n) is 10.1. The van der Waals surface area contributed by atoms with Crippen LogP contribution >= 0.6 is 11.6 Å². The number of para-hydroxylation sites is 1. The number of hydrogen-bond donors (Lipinski definition) is 0. The molecule has 1 amide bonds. The van der Waals surface area contributed by atoms with Crippen molar-refractivity contribution in [2.75, 3.05) is 44.8 Å². The third-order valence-electron chi connectivity index (χ3n) is 5.24. The first-order valence-corrected chi connectivity index (χ1v) is 10.5. The molecule has 2 aromatic rings. The lowest BCUT2D eigenvalue weighted by Gasteiger charge is -2.37. The number of methoxy groups -OCH3 is 1. The monoisotopic (exact) mass is 416 g/mol. The minimum atomic E-state index is -0.0326. The Bertz CT molecular complexity index is 848. The molecule has 29 heavy (non-hydrogen) atoms. The number of carbonyl (C=O) groups is 1. The zero-order chi connectivity index (χ0) is 20.8. The van der Waals surface area contributed by atoms with Crippen LogP contribution in [-0.4, -0.2) is 50.7 Å². The van der Waals surface area contributed by atoms with E-state index in [1.54, 1.807) is 19.2 Å². The molecule has 0 saturated carbocycles. The largest absolute Gasteiger partial charge is 0.493 e. The van der Waals surface area contributed by atoms with Crippen LogP contribution in [0.15, 0.2) is 36.4 Å². The summed E-state index contributed by atoms with van der Waals surface area (Å²) in [5, 5.41) is 0.405. The fourth-order valence-corrected chi connectivity index (χ4v) is 3.82. The van der Waals surface area contributed by atoms with Crippen molar-refractivity contribution in [1.29, 1.82) is 0 Å². The molecule has 1 aliphatic heterocycles. The number of benzene rings is 2. The normalized spacial score (nSPS) is 14.1. The van der Waals surface area contributed by atoms with Gasteiger partial charge in [-0.15, -0.1) is 0 Å². The van der Waals surface area contributed by atoms with Gasteiger partial charge < -0.3 is 19.3 Å². The summed E-state index contributed by atoms with van der Waals surface area (Å²) in [6.07, 6.45) is 1.97. The summed E-state index contributed by atoms with van der Waals surface area (Å²) in [5.74, 6) is 0.966. The van der Waals surface area contributed by atoms with E-state index in [1.807, 2.05) is 11.0 Å². The summed E-state index contributed by atoms with van der Waals surface area (Å²) in [5.41, 5.74) is 3.01. The lowest BCUT2D eigenvalue weighted by molar-refractivity contribution is 0.0746. The maximum Gasteiger partial charge on any atom is 0.254 e. The molecule has 0 spiro atoms. The number of halogens is 1. The Balaban J connectivity index is 1.69. The average molecular weight is 417 g/mol. The summed E-state index contributed by atoms with van der Waals surface area (Å²) in [4.78, 5) is 17.3. The predicted molar refractivity (Wildman–Crippen MR) is 118 cm³/mol. The smallest absolute Gasteiger partial charge is 0.254 e. The van der Waals surface area contributed by atoms with E-state index in [4.69, 9.17) is 21.1 Å². The van der Waals surface area contributed by atoms with E-state index in [9.17, 15) is 4.79 Å². The van der Waals surface area contributed by atoms with Crippen LogP contribution in [-0.2, 0) is 0 Å². The van der Waals surface area contributed by atoms with Gasteiger partial charge in [0.1, 0.15) is 0 Å². The van der Waals surface area contributed by atoms with Crippen molar-refractivity contribution in [3.05, 3.63) is 52.5 Å². The third-order valence-corrected chi connectivity index (χ3v) is 5.52. The van der Waals surface area contributed by atoms with E-state index in [0.29, 0.717) is 41.8 Å². The molecule has 1 aliphatic rings. The molecule has 1 saturated heterocycles. The van der Waals surface area contributed by atoms with Crippen molar-refractivity contribution >= 4 is 23.2 Å². The van der Waals surface area contributed by atoms with Gasteiger partial charge in [0.15, 0.2) is 11.5 Å². The maximum atomic E-state index is 13.1. The van der Waals surface area contributed by atoms with Gasteiger partial charge in [-0.05, 0) is 37.1 Å². The number of anilines is 1. The van der Waals surface area contributed by atoms with Crippen LogP contribution in [0.4, 0.5) is 5.69 Å². The lowest BCUT2D eigenvalue weighted by Crippen LogP contribution is -2.49. The quantitative estimate of drug-likeness (QED) is 0.608. The van der Waals surface area contributed by atoms with Crippen LogP contribution in [0.25, 0.3) is 0 Å². The van der Waals surface area contributed by atoms with Crippen molar-refractivity contribution < 1.29 is 14.3 Å². The van der Waals surface area contributed by atoms with Gasteiger partial charge in [0.05, 0.1) is 18.7 Å². The van der Waals surface area contributed by atoms with Crippen molar-refractivity contribution in [2.45, 2.75) is 26.7 Å². The number of carbonyl (C=O) groups excluding carboxylic acids is 1. The van der Waals surface area contributed by atoms with Crippen molar-refractivity contribution in [2.24, 2.45) is 0 Å². The summed E-state index contributed by atoms with van der Waals surface area (Å²) >= 11 is 6.41. The van der Waals surface area contributed by atoms with Gasteiger partial charge in [0.25, 0.3) is 5.91 Å². The molecule has 0 atom stereocenters. The van der Waals surface area contributed by atoms with Crippen molar-refractivity contribution in [1.82, 2.24) is 4.90 Å². The Morgan fingerprint density at radius 1 is 1.14 bits per heavy atom. The van der Waals surface area contributed by atoms with Gasteiger partial charge in [-0.3, -0.25) is 4.79 Å². The zero-order valence-corrected chi connectivity index (χ0v) is 18.2. The highest BCUT2D eigenvalue weighted by Gasteiger charge is 2.25. The molecule has 0 aromatic heterocycles. The predicted octanol–water partition coefficient (Wildman–Crippen LogP) is 4.80. The van der Waals surface area contributed by atoms with Crippen LogP contribution in [0.1, 0.15) is 35.7 Å². The number of aryl methyl sites for hydroxylation is 1. The first kappa shape index (κ1) is 21.3. The highest BCUT2D eigenvalue weighted by atomic mass is 35.5. The highest BCUT2D eigenvalue weighted by molar-refractivity contribution is 6.32. The number of amides is 1. The summed E-state index contributed by atoms with van der Waals surface area (Å²) in [7, 11) is 1.56. The molecule has 1 heterocycles. The van der Waals surface area contributed by atoms with E-state index in [0.717, 1.165) is 25.9 Å². The van der Waals surface area contributed by atoms with Gasteiger partial charge in [-0.25, -0.2) is 0 Å². The average Bonchev–Trinajstić information content (AvgIpc) is 2.74. The van der Waals surface area contributed by atoms with Gasteiger partial charge in [0, 0.05) is 37.4 Å². The number of nitrogens with zero attached hydrogens (tertiary/aromatic N) is 2. The Morgan fingerprint density at radius 3 is 2.52 bits per heavy atom. The SMILES string of the molecule is CCCCOc1c(Cl)cc(C(=O)N2CCN(c3ccccc3C)CC2)cc1OC. The Hall–Kier alpha value is -2.40. The second-order valence-electron chi connectivity index (χ2n) is 7.26. The Labute approximate surface area is 178 Å². The lowest BCUT2D eigenvalue weighted by atomic mass is 10.1. The van der Waals surface area contributed by atoms with Crippen LogP contribution in [0.5, 0.6) is 11.5 Å². The van der Waals surface area contributed by atoms with Crippen molar-refractivity contribution in [3.63, 3.8) is 0 Å². The second kappa shape index (κ2) is 9.88. The molecule has 0 unspecified atom stereocenters. The van der Waals surface area contributed by atoms with Gasteiger partial charge in [-0.1, -0.05) is 43.1 Å². The summed E-state index contributed by atoms with van der Waals surface area (Å²) < 4.78 is 11.2. The number of ether oxygens (including phenoxy) is 2. The zero-order valence-electron chi connectivity index (χ0n) is 17.4. The Kier molecular flexibility index (Phi) is 7.26. The van der Waals surface area contributed by atoms with E-state index < -0.39 is 0 Å². The molecule has 1 fully saturated rings. The molecule has 0 N–H and O–H groups in total. The second-order valence-corrected chi connectivity index (χ2v) is 7.66. The highest BCUT2D eigenvalue weighted by Crippen LogP contribution is 2.37. The van der Waals surface area contributed by atoms with Crippen LogP contribution < -0.4 is 14.4 Å². The van der Waals surface area contributed by atoms with Crippen LogP contribution in [0, 0.1) is 6.92 Å². The van der Waals surface area contributed by atoms with Crippen LogP contribution in [0.3, 0.4) is 0 Å². The van der Waals surface area contributed by atoms with E-state index >= 15 is 0 Å². The van der Waals surface area contributed by atoms with Gasteiger partial charge >= 0.3 is 0 Å². The molecule has 3 rings (SSSR count).